The van der Waals surface area contributed by atoms with Gasteiger partial charge in [0.25, 0.3) is 5.91 Å². The summed E-state index contributed by atoms with van der Waals surface area (Å²) in [6.07, 6.45) is 0.987. The summed E-state index contributed by atoms with van der Waals surface area (Å²) in [5.74, 6) is -2.38. The van der Waals surface area contributed by atoms with Gasteiger partial charge in [-0.3, -0.25) is 14.4 Å². The van der Waals surface area contributed by atoms with Crippen LogP contribution in [0, 0.1) is 11.8 Å². The Kier molecular flexibility index (Phi) is 8.70. The summed E-state index contributed by atoms with van der Waals surface area (Å²) >= 11 is 1.13. The Morgan fingerprint density at radius 3 is 2.46 bits per heavy atom. The third-order valence-corrected chi connectivity index (χ3v) is 8.02. The van der Waals surface area contributed by atoms with Crippen LogP contribution in [0.1, 0.15) is 27.2 Å². The van der Waals surface area contributed by atoms with Crippen molar-refractivity contribution < 1.29 is 32.3 Å². The maximum atomic E-state index is 12.6. The fraction of sp³-hybridized carbons (Fsp3) is 0.565. The molecule has 0 saturated carbocycles. The van der Waals surface area contributed by atoms with Crippen molar-refractivity contribution in [1.82, 2.24) is 9.47 Å². The van der Waals surface area contributed by atoms with Gasteiger partial charge in [-0.1, -0.05) is 25.2 Å². The summed E-state index contributed by atoms with van der Waals surface area (Å²) in [6.45, 7) is 7.20. The molecular formula is C23H31N3O7S2. The maximum Gasteiger partial charge on any atom is 0.325 e. The molecule has 0 N–H and O–H groups in total. The molecule has 1 aliphatic rings. The van der Waals surface area contributed by atoms with Crippen molar-refractivity contribution in [1.29, 1.82) is 0 Å². The van der Waals surface area contributed by atoms with E-state index in [0.717, 1.165) is 17.8 Å². The van der Waals surface area contributed by atoms with Crippen LogP contribution in [-0.4, -0.2) is 74.0 Å². The summed E-state index contributed by atoms with van der Waals surface area (Å²) < 4.78 is 37.7. The number of ether oxygens (including phenoxy) is 2. The molecule has 2 heterocycles. The lowest BCUT2D eigenvalue weighted by Crippen LogP contribution is -2.45. The first-order valence-corrected chi connectivity index (χ1v) is 14.0. The van der Waals surface area contributed by atoms with Crippen LogP contribution in [0.5, 0.6) is 5.75 Å². The molecule has 192 valence electrons. The molecule has 0 aliphatic carbocycles. The molecule has 35 heavy (non-hydrogen) atoms. The lowest BCUT2D eigenvalue weighted by molar-refractivity contribution is -0.141. The van der Waals surface area contributed by atoms with E-state index in [9.17, 15) is 22.8 Å². The van der Waals surface area contributed by atoms with E-state index in [1.807, 2.05) is 20.8 Å². The number of methoxy groups -OCH3 is 1. The van der Waals surface area contributed by atoms with Gasteiger partial charge in [0.1, 0.15) is 23.8 Å². The van der Waals surface area contributed by atoms with Crippen molar-refractivity contribution in [3.63, 3.8) is 0 Å². The van der Waals surface area contributed by atoms with E-state index in [0.29, 0.717) is 47.5 Å². The number of sulfone groups is 1. The lowest BCUT2D eigenvalue weighted by atomic mass is 9.92. The van der Waals surface area contributed by atoms with Crippen molar-refractivity contribution in [3.8, 4) is 5.75 Å². The van der Waals surface area contributed by atoms with Gasteiger partial charge in [0.2, 0.25) is 5.91 Å². The Hall–Kier alpha value is -2.73. The molecule has 2 aromatic rings. The zero-order chi connectivity index (χ0) is 25.8. The second kappa shape index (κ2) is 11.3. The Morgan fingerprint density at radius 1 is 1.14 bits per heavy atom. The lowest BCUT2D eigenvalue weighted by Gasteiger charge is -2.34. The van der Waals surface area contributed by atoms with E-state index < -0.39 is 39.1 Å². The van der Waals surface area contributed by atoms with Gasteiger partial charge in [-0.15, -0.1) is 0 Å². The minimum absolute atomic E-state index is 0.157. The third-order valence-electron chi connectivity index (χ3n) is 5.61. The molecule has 0 spiro atoms. The number of aromatic nitrogens is 1. The normalized spacial score (nSPS) is 19.1. The SMILES string of the molecule is CCOc1ccc2c(c1)sc(=NC(=O)CS(=O)(=O)CC(=O)N1CC(C)CC(C)C1)n2CC(=O)OC. The Balaban J connectivity index is 1.83. The van der Waals surface area contributed by atoms with Crippen LogP contribution in [0.15, 0.2) is 23.2 Å². The van der Waals surface area contributed by atoms with Gasteiger partial charge < -0.3 is 18.9 Å². The van der Waals surface area contributed by atoms with E-state index in [4.69, 9.17) is 9.47 Å². The highest BCUT2D eigenvalue weighted by Gasteiger charge is 2.29. The molecule has 1 aromatic carbocycles. The summed E-state index contributed by atoms with van der Waals surface area (Å²) in [7, 11) is -2.77. The maximum absolute atomic E-state index is 12.6. The van der Waals surface area contributed by atoms with E-state index in [1.54, 1.807) is 23.1 Å². The van der Waals surface area contributed by atoms with Crippen LogP contribution in [0.25, 0.3) is 10.2 Å². The zero-order valence-electron chi connectivity index (χ0n) is 20.4. The Bertz CT molecular complexity index is 1270. The summed E-state index contributed by atoms with van der Waals surface area (Å²) in [4.78, 5) is 42.9. The van der Waals surface area contributed by atoms with Gasteiger partial charge in [-0.2, -0.15) is 4.99 Å². The van der Waals surface area contributed by atoms with Gasteiger partial charge in [0.15, 0.2) is 14.6 Å². The molecular weight excluding hydrogens is 494 g/mol. The molecule has 2 unspecified atom stereocenters. The van der Waals surface area contributed by atoms with Crippen LogP contribution in [-0.2, 0) is 35.5 Å². The number of rotatable bonds is 8. The number of carbonyl (C=O) groups excluding carboxylic acids is 3. The molecule has 12 heteroatoms. The van der Waals surface area contributed by atoms with Gasteiger partial charge >= 0.3 is 5.97 Å². The first kappa shape index (κ1) is 26.9. The smallest absolute Gasteiger partial charge is 0.325 e. The van der Waals surface area contributed by atoms with Gasteiger partial charge in [-0.05, 0) is 43.4 Å². The number of amides is 2. The van der Waals surface area contributed by atoms with Gasteiger partial charge in [0, 0.05) is 13.1 Å². The molecule has 1 saturated heterocycles. The third kappa shape index (κ3) is 7.14. The van der Waals surface area contributed by atoms with Crippen LogP contribution >= 0.6 is 11.3 Å². The molecule has 1 aliphatic heterocycles. The number of benzene rings is 1. The Morgan fingerprint density at radius 2 is 1.83 bits per heavy atom. The topological polar surface area (TPSA) is 124 Å². The minimum Gasteiger partial charge on any atom is -0.494 e. The van der Waals surface area contributed by atoms with E-state index >= 15 is 0 Å². The van der Waals surface area contributed by atoms with Crippen LogP contribution in [0.3, 0.4) is 0 Å². The molecule has 1 fully saturated rings. The van der Waals surface area contributed by atoms with Crippen molar-refractivity contribution >= 4 is 49.2 Å². The van der Waals surface area contributed by atoms with Gasteiger partial charge in [-0.25, -0.2) is 8.42 Å². The largest absolute Gasteiger partial charge is 0.494 e. The highest BCUT2D eigenvalue weighted by Crippen LogP contribution is 2.24. The second-order valence-corrected chi connectivity index (χ2v) is 12.0. The molecule has 2 atom stereocenters. The number of nitrogens with zero attached hydrogens (tertiary/aromatic N) is 3. The highest BCUT2D eigenvalue weighted by molar-refractivity contribution is 7.92. The van der Waals surface area contributed by atoms with Crippen LogP contribution in [0.4, 0.5) is 0 Å². The minimum atomic E-state index is -4.02. The molecule has 2 amide bonds. The average molecular weight is 526 g/mol. The molecule has 0 bridgehead atoms. The van der Waals surface area contributed by atoms with Crippen molar-refractivity contribution in [2.24, 2.45) is 16.8 Å². The van der Waals surface area contributed by atoms with Crippen molar-refractivity contribution in [2.45, 2.75) is 33.7 Å². The van der Waals surface area contributed by atoms with Crippen molar-refractivity contribution in [2.75, 3.05) is 38.3 Å². The molecule has 3 rings (SSSR count). The molecule has 1 aromatic heterocycles. The summed E-state index contributed by atoms with van der Waals surface area (Å²) in [5, 5.41) is 0. The number of hydrogen-bond donors (Lipinski definition) is 0. The highest BCUT2D eigenvalue weighted by atomic mass is 32.2. The average Bonchev–Trinajstić information content (AvgIpc) is 3.08. The predicted molar refractivity (Wildman–Crippen MR) is 132 cm³/mol. The fourth-order valence-electron chi connectivity index (χ4n) is 4.27. The molecule has 10 nitrogen and oxygen atoms in total. The predicted octanol–water partition coefficient (Wildman–Crippen LogP) is 1.62. The van der Waals surface area contributed by atoms with Crippen molar-refractivity contribution in [3.05, 3.63) is 23.0 Å². The van der Waals surface area contributed by atoms with Gasteiger partial charge in [0.05, 0.1) is 23.9 Å². The molecule has 0 radical (unpaired) electrons. The standard InChI is InChI=1S/C23H31N3O7S2/c1-5-33-17-6-7-18-19(9-17)34-23(26(18)12-22(29)32-4)24-20(27)13-35(30,31)14-21(28)25-10-15(2)8-16(3)11-25/h6-7,9,15-16H,5,8,10-14H2,1-4H3. The summed E-state index contributed by atoms with van der Waals surface area (Å²) in [5.41, 5.74) is 0.627. The summed E-state index contributed by atoms with van der Waals surface area (Å²) in [6, 6.07) is 5.23. The van der Waals surface area contributed by atoms with E-state index in [1.165, 1.54) is 11.7 Å². The van der Waals surface area contributed by atoms with E-state index in [-0.39, 0.29) is 11.3 Å². The number of carbonyl (C=O) groups is 3. The number of hydrogen-bond acceptors (Lipinski definition) is 8. The first-order chi connectivity index (χ1) is 16.5. The Labute approximate surface area is 208 Å². The monoisotopic (exact) mass is 525 g/mol. The number of fused-ring (bicyclic) bond motifs is 1. The zero-order valence-corrected chi connectivity index (χ0v) is 22.0. The first-order valence-electron chi connectivity index (χ1n) is 11.4. The van der Waals surface area contributed by atoms with E-state index in [2.05, 4.69) is 4.99 Å². The fourth-order valence-corrected chi connectivity index (χ4v) is 6.44. The number of likely N-dealkylation sites (tertiary alicyclic amines) is 1. The number of thiazole rings is 1. The number of esters is 1. The quantitative estimate of drug-likeness (QED) is 0.480. The second-order valence-electron chi connectivity index (χ2n) is 8.89. The number of piperidine rings is 1. The van der Waals surface area contributed by atoms with Crippen LogP contribution in [0.2, 0.25) is 0 Å². The van der Waals surface area contributed by atoms with Crippen LogP contribution < -0.4 is 9.54 Å².